The lowest BCUT2D eigenvalue weighted by Crippen LogP contribution is -2.38. The minimum atomic E-state index is -1.03. The number of carboxylic acid groups (broad SMARTS) is 1. The van der Waals surface area contributed by atoms with E-state index in [0.717, 1.165) is 48.5 Å². The second-order valence-corrected chi connectivity index (χ2v) is 8.74. The lowest BCUT2D eigenvalue weighted by molar-refractivity contribution is 0.0317. The van der Waals surface area contributed by atoms with Crippen LogP contribution in [0.2, 0.25) is 0 Å². The molecule has 0 radical (unpaired) electrons. The number of ether oxygens (including phenoxy) is 3. The average molecular weight is 494 g/mol. The second kappa shape index (κ2) is 12.6. The van der Waals surface area contributed by atoms with Gasteiger partial charge in [0.25, 0.3) is 0 Å². The van der Waals surface area contributed by atoms with E-state index in [1.54, 1.807) is 4.68 Å². The fourth-order valence-electron chi connectivity index (χ4n) is 4.25. The molecule has 1 saturated heterocycles. The Balaban J connectivity index is 1.59. The van der Waals surface area contributed by atoms with Crippen molar-refractivity contribution in [2.24, 2.45) is 0 Å². The molecule has 1 aliphatic rings. The van der Waals surface area contributed by atoms with Gasteiger partial charge >= 0.3 is 5.97 Å². The van der Waals surface area contributed by atoms with Crippen LogP contribution in [0.4, 0.5) is 0 Å². The van der Waals surface area contributed by atoms with E-state index in [1.165, 1.54) is 0 Å². The molecule has 0 unspecified atom stereocenters. The number of morpholine rings is 1. The minimum Gasteiger partial charge on any atom is -0.493 e. The maximum atomic E-state index is 12.1. The number of aromatic carboxylic acids is 1. The number of benzene rings is 2. The van der Waals surface area contributed by atoms with Crippen LogP contribution in [-0.2, 0) is 11.2 Å². The van der Waals surface area contributed by atoms with E-state index >= 15 is 0 Å². The zero-order valence-corrected chi connectivity index (χ0v) is 21.1. The molecule has 8 heteroatoms. The van der Waals surface area contributed by atoms with Crippen LogP contribution in [0.1, 0.15) is 42.7 Å². The molecule has 36 heavy (non-hydrogen) atoms. The van der Waals surface area contributed by atoms with Gasteiger partial charge in [-0.1, -0.05) is 50.6 Å². The molecule has 0 spiro atoms. The van der Waals surface area contributed by atoms with Crippen molar-refractivity contribution in [2.75, 3.05) is 46.1 Å². The lowest BCUT2D eigenvalue weighted by Gasteiger charge is -2.26. The summed E-state index contributed by atoms with van der Waals surface area (Å²) in [6.45, 7) is 8.90. The van der Waals surface area contributed by atoms with Gasteiger partial charge in [-0.2, -0.15) is 5.10 Å². The Morgan fingerprint density at radius 1 is 1.03 bits per heavy atom. The smallest absolute Gasteiger partial charge is 0.343 e. The summed E-state index contributed by atoms with van der Waals surface area (Å²) in [4.78, 5) is 14.4. The van der Waals surface area contributed by atoms with E-state index in [-0.39, 0.29) is 11.4 Å². The molecule has 0 amide bonds. The van der Waals surface area contributed by atoms with Crippen LogP contribution in [0, 0.1) is 0 Å². The van der Waals surface area contributed by atoms with Crippen LogP contribution in [0.5, 0.6) is 11.6 Å². The van der Waals surface area contributed by atoms with E-state index in [2.05, 4.69) is 16.9 Å². The maximum Gasteiger partial charge on any atom is 0.343 e. The molecule has 4 rings (SSSR count). The zero-order valence-electron chi connectivity index (χ0n) is 21.1. The Morgan fingerprint density at radius 3 is 2.47 bits per heavy atom. The van der Waals surface area contributed by atoms with Crippen LogP contribution >= 0.6 is 0 Å². The molecule has 0 atom stereocenters. The van der Waals surface area contributed by atoms with Crippen LogP contribution in [0.3, 0.4) is 0 Å². The SMILES string of the molecule is CCCCOc1ccccc1-c1ccc(-n2nc(CC)c(C(=O)O)c2OCCN2CCOCC2)cc1. The molecule has 0 saturated carbocycles. The Kier molecular flexibility index (Phi) is 8.97. The first-order valence-corrected chi connectivity index (χ1v) is 12.7. The molecule has 1 fully saturated rings. The van der Waals surface area contributed by atoms with E-state index < -0.39 is 5.97 Å². The third kappa shape index (κ3) is 6.06. The summed E-state index contributed by atoms with van der Waals surface area (Å²) < 4.78 is 19.1. The summed E-state index contributed by atoms with van der Waals surface area (Å²) in [7, 11) is 0. The van der Waals surface area contributed by atoms with Crippen molar-refractivity contribution >= 4 is 5.97 Å². The highest BCUT2D eigenvalue weighted by atomic mass is 16.5. The highest BCUT2D eigenvalue weighted by Gasteiger charge is 2.25. The van der Waals surface area contributed by atoms with Gasteiger partial charge in [0.2, 0.25) is 5.88 Å². The molecule has 192 valence electrons. The maximum absolute atomic E-state index is 12.1. The Labute approximate surface area is 212 Å². The van der Waals surface area contributed by atoms with Gasteiger partial charge in [-0.3, -0.25) is 4.90 Å². The predicted octanol–water partition coefficient (Wildman–Crippen LogP) is 4.69. The molecule has 1 N–H and O–H groups in total. The van der Waals surface area contributed by atoms with Crippen LogP contribution in [0.15, 0.2) is 48.5 Å². The fourth-order valence-corrected chi connectivity index (χ4v) is 4.25. The van der Waals surface area contributed by atoms with Crippen LogP contribution in [0.25, 0.3) is 16.8 Å². The minimum absolute atomic E-state index is 0.123. The highest BCUT2D eigenvalue weighted by Crippen LogP contribution is 2.32. The number of unbranched alkanes of at least 4 members (excludes halogenated alkanes) is 1. The molecular formula is C28H35N3O5. The van der Waals surface area contributed by atoms with Crippen molar-refractivity contribution in [1.82, 2.24) is 14.7 Å². The number of hydrogen-bond donors (Lipinski definition) is 1. The lowest BCUT2D eigenvalue weighted by atomic mass is 10.0. The van der Waals surface area contributed by atoms with Crippen molar-refractivity contribution < 1.29 is 24.1 Å². The molecule has 0 aliphatic carbocycles. The fraction of sp³-hybridized carbons (Fsp3) is 0.429. The van der Waals surface area contributed by atoms with Crippen LogP contribution < -0.4 is 9.47 Å². The summed E-state index contributed by atoms with van der Waals surface area (Å²) in [5.41, 5.74) is 3.40. The summed E-state index contributed by atoms with van der Waals surface area (Å²) >= 11 is 0. The first-order chi connectivity index (χ1) is 17.6. The van der Waals surface area contributed by atoms with Crippen molar-refractivity contribution in [1.29, 1.82) is 0 Å². The Morgan fingerprint density at radius 2 is 1.78 bits per heavy atom. The number of rotatable bonds is 12. The van der Waals surface area contributed by atoms with E-state index in [1.807, 2.05) is 55.5 Å². The Hall–Kier alpha value is -3.36. The zero-order chi connectivity index (χ0) is 25.3. The van der Waals surface area contributed by atoms with E-state index in [4.69, 9.17) is 14.2 Å². The monoisotopic (exact) mass is 493 g/mol. The molecule has 8 nitrogen and oxygen atoms in total. The first kappa shape index (κ1) is 25.7. The van der Waals surface area contributed by atoms with Crippen molar-refractivity contribution in [3.63, 3.8) is 0 Å². The number of carboxylic acids is 1. The number of carbonyl (C=O) groups is 1. The topological polar surface area (TPSA) is 86.1 Å². The quantitative estimate of drug-likeness (QED) is 0.366. The molecule has 0 bridgehead atoms. The van der Waals surface area contributed by atoms with Gasteiger partial charge in [-0.15, -0.1) is 0 Å². The number of para-hydroxylation sites is 1. The molecule has 3 aromatic rings. The van der Waals surface area contributed by atoms with Crippen molar-refractivity contribution in [3.8, 4) is 28.4 Å². The van der Waals surface area contributed by atoms with Gasteiger partial charge in [-0.25, -0.2) is 9.48 Å². The van der Waals surface area contributed by atoms with Gasteiger partial charge in [0.1, 0.15) is 17.9 Å². The van der Waals surface area contributed by atoms with Gasteiger partial charge in [-0.05, 0) is 36.6 Å². The molecule has 1 aromatic heterocycles. The average Bonchev–Trinajstić information content (AvgIpc) is 3.29. The van der Waals surface area contributed by atoms with Gasteiger partial charge in [0.15, 0.2) is 0 Å². The second-order valence-electron chi connectivity index (χ2n) is 8.74. The third-order valence-corrected chi connectivity index (χ3v) is 6.28. The normalized spacial score (nSPS) is 14.1. The van der Waals surface area contributed by atoms with Gasteiger partial charge in [0, 0.05) is 25.2 Å². The van der Waals surface area contributed by atoms with E-state index in [9.17, 15) is 9.90 Å². The number of aromatic nitrogens is 2. The van der Waals surface area contributed by atoms with Crippen LogP contribution in [-0.4, -0.2) is 71.8 Å². The highest BCUT2D eigenvalue weighted by molar-refractivity contribution is 5.92. The summed E-state index contributed by atoms with van der Waals surface area (Å²) in [5, 5.41) is 14.5. The number of hydrogen-bond acceptors (Lipinski definition) is 6. The largest absolute Gasteiger partial charge is 0.493 e. The summed E-state index contributed by atoms with van der Waals surface area (Å²) in [6, 6.07) is 15.9. The van der Waals surface area contributed by atoms with Gasteiger partial charge in [0.05, 0.1) is 31.2 Å². The predicted molar refractivity (Wildman–Crippen MR) is 138 cm³/mol. The van der Waals surface area contributed by atoms with Crippen molar-refractivity contribution in [2.45, 2.75) is 33.1 Å². The summed E-state index contributed by atoms with van der Waals surface area (Å²) in [6.07, 6.45) is 2.58. The molecule has 1 aliphatic heterocycles. The Bertz CT molecular complexity index is 1140. The molecule has 2 heterocycles. The third-order valence-electron chi connectivity index (χ3n) is 6.28. The van der Waals surface area contributed by atoms with Gasteiger partial charge < -0.3 is 19.3 Å². The standard InChI is InChI=1S/C28H35N3O5/c1-3-5-17-35-25-9-7-6-8-23(25)21-10-12-22(13-11-21)31-27(26(28(32)33)24(4-2)29-31)36-20-16-30-14-18-34-19-15-30/h6-13H,3-5,14-20H2,1-2H3,(H,32,33). The first-order valence-electron chi connectivity index (χ1n) is 12.7. The van der Waals surface area contributed by atoms with E-state index in [0.29, 0.717) is 45.1 Å². The number of aryl methyl sites for hydroxylation is 1. The van der Waals surface area contributed by atoms with Crippen molar-refractivity contribution in [3.05, 3.63) is 59.8 Å². The summed E-state index contributed by atoms with van der Waals surface area (Å²) in [5.74, 6) is 0.0873. The molecule has 2 aromatic carbocycles. The molecular weight excluding hydrogens is 458 g/mol. The number of nitrogens with zero attached hydrogens (tertiary/aromatic N) is 3.